The van der Waals surface area contributed by atoms with Gasteiger partial charge in [-0.15, -0.1) is 0 Å². The number of thioether (sulfide) groups is 1. The van der Waals surface area contributed by atoms with Crippen molar-refractivity contribution < 1.29 is 14.7 Å². The van der Waals surface area contributed by atoms with E-state index in [1.807, 2.05) is 4.90 Å². The molecular formula is C12H19NO3S. The average Bonchev–Trinajstić information content (AvgIpc) is 2.58. The summed E-state index contributed by atoms with van der Waals surface area (Å²) < 4.78 is 0. The van der Waals surface area contributed by atoms with Crippen LogP contribution < -0.4 is 0 Å². The lowest BCUT2D eigenvalue weighted by molar-refractivity contribution is -0.130. The number of hydrogen-bond donors (Lipinski definition) is 1. The van der Waals surface area contributed by atoms with Gasteiger partial charge in [-0.1, -0.05) is 11.8 Å². The Morgan fingerprint density at radius 1 is 1.47 bits per heavy atom. The van der Waals surface area contributed by atoms with Crippen molar-refractivity contribution >= 4 is 22.8 Å². The Balaban J connectivity index is 1.93. The molecule has 0 aromatic heterocycles. The predicted molar refractivity (Wildman–Crippen MR) is 66.7 cm³/mol. The molecule has 0 aromatic carbocycles. The zero-order valence-corrected chi connectivity index (χ0v) is 10.9. The summed E-state index contributed by atoms with van der Waals surface area (Å²) in [6.45, 7) is 2.21. The summed E-state index contributed by atoms with van der Waals surface area (Å²) in [6.07, 6.45) is 3.73. The Kier molecular flexibility index (Phi) is 4.09. The van der Waals surface area contributed by atoms with E-state index in [9.17, 15) is 14.7 Å². The summed E-state index contributed by atoms with van der Waals surface area (Å²) in [5.41, 5.74) is 0. The van der Waals surface area contributed by atoms with Crippen molar-refractivity contribution in [2.24, 2.45) is 0 Å². The van der Waals surface area contributed by atoms with Crippen molar-refractivity contribution in [3.05, 3.63) is 0 Å². The van der Waals surface area contributed by atoms with Crippen molar-refractivity contribution in [2.75, 3.05) is 6.54 Å². The highest BCUT2D eigenvalue weighted by atomic mass is 32.2. The van der Waals surface area contributed by atoms with Crippen LogP contribution in [-0.4, -0.2) is 45.0 Å². The van der Waals surface area contributed by atoms with Gasteiger partial charge in [0.1, 0.15) is 0 Å². The molecule has 1 aliphatic carbocycles. The molecule has 0 spiro atoms. The zero-order chi connectivity index (χ0) is 12.4. The lowest BCUT2D eigenvalue weighted by Crippen LogP contribution is -2.41. The number of carbonyl (C=O) groups excluding carboxylic acids is 2. The molecule has 0 bridgehead atoms. The lowest BCUT2D eigenvalue weighted by Gasteiger charge is -2.33. The third-order valence-corrected chi connectivity index (χ3v) is 4.50. The molecule has 1 N–H and O–H groups in total. The molecule has 96 valence electrons. The Hall–Kier alpha value is -0.550. The molecule has 3 unspecified atom stereocenters. The van der Waals surface area contributed by atoms with Crippen LogP contribution in [0, 0.1) is 0 Å². The molecule has 4 nitrogen and oxygen atoms in total. The van der Waals surface area contributed by atoms with Crippen molar-refractivity contribution in [2.45, 2.75) is 56.4 Å². The van der Waals surface area contributed by atoms with Gasteiger partial charge in [-0.2, -0.15) is 0 Å². The molecular weight excluding hydrogens is 238 g/mol. The highest BCUT2D eigenvalue weighted by Gasteiger charge is 2.36. The second-order valence-electron chi connectivity index (χ2n) is 4.96. The first kappa shape index (κ1) is 12.9. The molecule has 1 saturated carbocycles. The van der Waals surface area contributed by atoms with Crippen LogP contribution in [0.2, 0.25) is 0 Å². The number of aliphatic hydroxyl groups is 1. The number of likely N-dealkylation sites (tertiary alicyclic amines) is 1. The van der Waals surface area contributed by atoms with Gasteiger partial charge in [0.05, 0.1) is 6.10 Å². The molecule has 1 amide bonds. The monoisotopic (exact) mass is 257 g/mol. The van der Waals surface area contributed by atoms with Crippen molar-refractivity contribution in [3.63, 3.8) is 0 Å². The smallest absolute Gasteiger partial charge is 0.224 e. The van der Waals surface area contributed by atoms with Gasteiger partial charge in [0, 0.05) is 31.2 Å². The lowest BCUT2D eigenvalue weighted by atomic mass is 9.92. The van der Waals surface area contributed by atoms with E-state index in [4.69, 9.17) is 0 Å². The van der Waals surface area contributed by atoms with Gasteiger partial charge in [0.15, 0.2) is 5.12 Å². The van der Waals surface area contributed by atoms with Crippen molar-refractivity contribution in [1.29, 1.82) is 0 Å². The maximum atomic E-state index is 11.9. The first-order chi connectivity index (χ1) is 8.06. The molecule has 3 atom stereocenters. The minimum Gasteiger partial charge on any atom is -0.393 e. The van der Waals surface area contributed by atoms with Crippen molar-refractivity contribution in [1.82, 2.24) is 4.90 Å². The fourth-order valence-corrected chi connectivity index (χ4v) is 3.72. The van der Waals surface area contributed by atoms with Gasteiger partial charge >= 0.3 is 0 Å². The largest absolute Gasteiger partial charge is 0.393 e. The van der Waals surface area contributed by atoms with Crippen molar-refractivity contribution in [3.8, 4) is 0 Å². The van der Waals surface area contributed by atoms with E-state index < -0.39 is 0 Å². The van der Waals surface area contributed by atoms with E-state index in [0.29, 0.717) is 19.4 Å². The topological polar surface area (TPSA) is 57.6 Å². The van der Waals surface area contributed by atoms with Crippen LogP contribution in [-0.2, 0) is 9.59 Å². The van der Waals surface area contributed by atoms with Crippen LogP contribution in [0.3, 0.4) is 0 Å². The van der Waals surface area contributed by atoms with Gasteiger partial charge < -0.3 is 10.0 Å². The molecule has 17 heavy (non-hydrogen) atoms. The number of carbonyl (C=O) groups is 2. The Morgan fingerprint density at radius 3 is 2.88 bits per heavy atom. The first-order valence-corrected chi connectivity index (χ1v) is 7.09. The quantitative estimate of drug-likeness (QED) is 0.807. The first-order valence-electron chi connectivity index (χ1n) is 6.21. The summed E-state index contributed by atoms with van der Waals surface area (Å²) in [6, 6.07) is 0.184. The van der Waals surface area contributed by atoms with Gasteiger partial charge in [-0.05, 0) is 25.7 Å². The third-order valence-electron chi connectivity index (χ3n) is 3.52. The number of aliphatic hydroxyl groups excluding tert-OH is 1. The summed E-state index contributed by atoms with van der Waals surface area (Å²) in [7, 11) is 0. The standard InChI is InChI=1S/C12H19NO3S/c1-8(14)17-11-6-12(16)13(7-11)9-3-2-4-10(15)5-9/h9-11,15H,2-7H2,1H3. The number of rotatable bonds is 2. The molecule has 1 aliphatic heterocycles. The molecule has 1 heterocycles. The van der Waals surface area contributed by atoms with Gasteiger partial charge in [-0.3, -0.25) is 9.59 Å². The van der Waals surface area contributed by atoms with Crippen LogP contribution in [0.1, 0.15) is 39.0 Å². The molecule has 0 aromatic rings. The summed E-state index contributed by atoms with van der Waals surface area (Å²) >= 11 is 1.27. The summed E-state index contributed by atoms with van der Waals surface area (Å²) in [5, 5.41) is 9.83. The van der Waals surface area contributed by atoms with Gasteiger partial charge in [0.2, 0.25) is 5.91 Å². The Labute approximate surface area is 106 Å². The van der Waals surface area contributed by atoms with Gasteiger partial charge in [-0.25, -0.2) is 0 Å². The van der Waals surface area contributed by atoms with E-state index in [0.717, 1.165) is 19.3 Å². The zero-order valence-electron chi connectivity index (χ0n) is 10.1. The van der Waals surface area contributed by atoms with Crippen LogP contribution in [0.4, 0.5) is 0 Å². The van der Waals surface area contributed by atoms with Crippen LogP contribution in [0.15, 0.2) is 0 Å². The fraction of sp³-hybridized carbons (Fsp3) is 0.833. The van der Waals surface area contributed by atoms with Crippen LogP contribution in [0.5, 0.6) is 0 Å². The predicted octanol–water partition coefficient (Wildman–Crippen LogP) is 1.17. The maximum absolute atomic E-state index is 11.9. The summed E-state index contributed by atoms with van der Waals surface area (Å²) in [5.74, 6) is 0.142. The molecule has 2 aliphatic rings. The normalized spacial score (nSPS) is 34.1. The molecule has 5 heteroatoms. The van der Waals surface area contributed by atoms with Gasteiger partial charge in [0.25, 0.3) is 0 Å². The number of hydrogen-bond acceptors (Lipinski definition) is 4. The minimum atomic E-state index is -0.263. The highest BCUT2D eigenvalue weighted by molar-refractivity contribution is 8.14. The fourth-order valence-electron chi connectivity index (χ4n) is 2.79. The molecule has 1 saturated heterocycles. The Bertz CT molecular complexity index is 321. The Morgan fingerprint density at radius 2 is 2.24 bits per heavy atom. The summed E-state index contributed by atoms with van der Waals surface area (Å²) in [4.78, 5) is 24.8. The third kappa shape index (κ3) is 3.22. The van der Waals surface area contributed by atoms with E-state index in [1.165, 1.54) is 11.8 Å². The molecule has 0 radical (unpaired) electrons. The minimum absolute atomic E-state index is 0.0772. The van der Waals surface area contributed by atoms with Crippen LogP contribution in [0.25, 0.3) is 0 Å². The van der Waals surface area contributed by atoms with Crippen LogP contribution >= 0.6 is 11.8 Å². The number of amides is 1. The number of nitrogens with zero attached hydrogens (tertiary/aromatic N) is 1. The van der Waals surface area contributed by atoms with E-state index in [2.05, 4.69) is 0 Å². The second kappa shape index (κ2) is 5.40. The highest BCUT2D eigenvalue weighted by Crippen LogP contribution is 2.30. The average molecular weight is 257 g/mol. The SMILES string of the molecule is CC(=O)SC1CC(=O)N(C2CCCC(O)C2)C1. The maximum Gasteiger partial charge on any atom is 0.224 e. The van der Waals surface area contributed by atoms with E-state index in [1.54, 1.807) is 6.92 Å². The van der Waals surface area contributed by atoms with E-state index in [-0.39, 0.29) is 28.4 Å². The molecule has 2 fully saturated rings. The second-order valence-corrected chi connectivity index (χ2v) is 6.43. The van der Waals surface area contributed by atoms with E-state index >= 15 is 0 Å². The molecule has 2 rings (SSSR count).